The molecule has 19 nitrogen and oxygen atoms in total. The van der Waals surface area contributed by atoms with Gasteiger partial charge in [-0.25, -0.2) is 4.98 Å². The number of fused-ring (bicyclic) bond motifs is 5. The van der Waals surface area contributed by atoms with Crippen molar-refractivity contribution in [1.29, 1.82) is 5.26 Å². The normalized spacial score (nSPS) is 16.5. The number of methoxy groups -OCH3 is 1. The molecule has 1 aliphatic rings. The van der Waals surface area contributed by atoms with Gasteiger partial charge in [0.05, 0.1) is 18.9 Å². The molecule has 3 aromatic carbocycles. The van der Waals surface area contributed by atoms with Crippen molar-refractivity contribution in [3.8, 4) is 46.0 Å². The Hall–Kier alpha value is -7.14. The standard InChI is InChI=1S/C48H61N11O8/c1-27-39(46(65-7)58-41(54-27)30-9-12-32(13-10-30)48(3,4)5)44(62)56-35(16-17-49)47(64)59(6)40-31-11-15-38(67-23-20-52)34(26-31)33-24-29(8-14-37(33)66-22-19-51)25-36(43(61)53-21-18-50)57-42(60)28(2)55-45(40)63/h8-15,24,26,28,35-36,40H,16-17,19-23,25,49,51-52H2,1-7H3,(H,53,61)(H,55,63)(H,56,62)(H,57,60)/t28-,35?,36-,40-/m0/s1. The van der Waals surface area contributed by atoms with Crippen LogP contribution < -0.4 is 52.7 Å². The minimum Gasteiger partial charge on any atom is -0.492 e. The van der Waals surface area contributed by atoms with E-state index >= 15 is 0 Å². The number of ether oxygens (including phenoxy) is 3. The van der Waals surface area contributed by atoms with Crippen LogP contribution in [0.3, 0.4) is 0 Å². The van der Waals surface area contributed by atoms with E-state index in [1.807, 2.05) is 30.3 Å². The molecular formula is C48H61N11O8. The average molecular weight is 920 g/mol. The van der Waals surface area contributed by atoms with Gasteiger partial charge < -0.3 is 57.6 Å². The van der Waals surface area contributed by atoms with Crippen molar-refractivity contribution in [2.75, 3.05) is 53.6 Å². The van der Waals surface area contributed by atoms with Crippen molar-refractivity contribution in [2.24, 2.45) is 17.2 Å². The van der Waals surface area contributed by atoms with Crippen LogP contribution >= 0.6 is 0 Å². The van der Waals surface area contributed by atoms with Crippen LogP contribution in [0.1, 0.15) is 72.9 Å². The van der Waals surface area contributed by atoms with Gasteiger partial charge in [0.2, 0.25) is 29.5 Å². The van der Waals surface area contributed by atoms with Crippen molar-refractivity contribution in [3.05, 3.63) is 88.6 Å². The van der Waals surface area contributed by atoms with E-state index < -0.39 is 53.7 Å². The quantitative estimate of drug-likeness (QED) is 0.0791. The number of hydrogen-bond donors (Lipinski definition) is 7. The number of benzene rings is 3. The van der Waals surface area contributed by atoms with Crippen molar-refractivity contribution in [1.82, 2.24) is 36.1 Å². The molecule has 1 aromatic heterocycles. The van der Waals surface area contributed by atoms with Gasteiger partial charge in [0, 0.05) is 43.2 Å². The van der Waals surface area contributed by atoms with Crippen LogP contribution in [0, 0.1) is 18.3 Å². The lowest BCUT2D eigenvalue weighted by molar-refractivity contribution is -0.141. The smallest absolute Gasteiger partial charge is 0.259 e. The Morgan fingerprint density at radius 2 is 1.55 bits per heavy atom. The largest absolute Gasteiger partial charge is 0.492 e. The fourth-order valence-electron chi connectivity index (χ4n) is 7.56. The number of nitrogens with one attached hydrogen (secondary N) is 4. The molecule has 0 fully saturated rings. The summed E-state index contributed by atoms with van der Waals surface area (Å²) in [5.74, 6) is -2.45. The predicted molar refractivity (Wildman–Crippen MR) is 251 cm³/mol. The Balaban J connectivity index is 1.58. The van der Waals surface area contributed by atoms with Gasteiger partial charge in [0.15, 0.2) is 5.82 Å². The van der Waals surface area contributed by atoms with Gasteiger partial charge in [0.1, 0.15) is 61.0 Å². The second kappa shape index (κ2) is 22.9. The summed E-state index contributed by atoms with van der Waals surface area (Å²) >= 11 is 0. The number of carbonyl (C=O) groups excluding carboxylic acids is 5. The number of rotatable bonds is 16. The highest BCUT2D eigenvalue weighted by Crippen LogP contribution is 2.40. The van der Waals surface area contributed by atoms with E-state index in [4.69, 9.17) is 31.4 Å². The second-order valence-electron chi connectivity index (χ2n) is 17.0. The van der Waals surface area contributed by atoms with E-state index in [0.717, 1.165) is 10.5 Å². The van der Waals surface area contributed by atoms with Gasteiger partial charge in [0.25, 0.3) is 5.91 Å². The first-order valence-electron chi connectivity index (χ1n) is 22.0. The van der Waals surface area contributed by atoms with Gasteiger partial charge in [-0.15, -0.1) is 0 Å². The molecule has 1 aliphatic heterocycles. The summed E-state index contributed by atoms with van der Waals surface area (Å²) in [6.07, 6.45) is -0.0444. The summed E-state index contributed by atoms with van der Waals surface area (Å²) in [6, 6.07) is 14.7. The number of hydrogen-bond acceptors (Lipinski definition) is 14. The van der Waals surface area contributed by atoms with E-state index in [2.05, 4.69) is 52.0 Å². The Bertz CT molecular complexity index is 2490. The molecule has 0 saturated carbocycles. The first-order chi connectivity index (χ1) is 31.9. The van der Waals surface area contributed by atoms with Crippen LogP contribution in [-0.4, -0.2) is 116 Å². The zero-order chi connectivity index (χ0) is 49.0. The fourth-order valence-corrected chi connectivity index (χ4v) is 7.56. The van der Waals surface area contributed by atoms with E-state index in [-0.39, 0.29) is 74.8 Å². The zero-order valence-electron chi connectivity index (χ0n) is 39.0. The Kier molecular flexibility index (Phi) is 17.3. The summed E-state index contributed by atoms with van der Waals surface area (Å²) in [7, 11) is 2.78. The number of aryl methyl sites for hydroxylation is 1. The van der Waals surface area contributed by atoms with Crippen LogP contribution in [-0.2, 0) is 31.0 Å². The monoisotopic (exact) mass is 919 g/mol. The van der Waals surface area contributed by atoms with Gasteiger partial charge >= 0.3 is 0 Å². The van der Waals surface area contributed by atoms with Crippen molar-refractivity contribution >= 4 is 29.5 Å². The van der Waals surface area contributed by atoms with Crippen molar-refractivity contribution in [2.45, 2.75) is 77.0 Å². The summed E-state index contributed by atoms with van der Waals surface area (Å²) in [5.41, 5.74) is 21.6. The predicted octanol–water partition coefficient (Wildman–Crippen LogP) is 1.93. The number of nitrogens with two attached hydrogens (primary N) is 3. The highest BCUT2D eigenvalue weighted by Gasteiger charge is 2.37. The topological polar surface area (TPSA) is 292 Å². The number of aromatic nitrogens is 2. The molecule has 5 amide bonds. The Morgan fingerprint density at radius 3 is 2.15 bits per heavy atom. The van der Waals surface area contributed by atoms with Crippen LogP contribution in [0.2, 0.25) is 0 Å². The molecule has 67 heavy (non-hydrogen) atoms. The summed E-state index contributed by atoms with van der Waals surface area (Å²) < 4.78 is 17.8. The summed E-state index contributed by atoms with van der Waals surface area (Å²) in [4.78, 5) is 81.0. The SMILES string of the molecule is COc1nc(-c2ccc(C(C)(C)C)cc2)nc(C)c1C(=O)NC(CCN)C(=O)N(C)[C@@H]1C(=O)N[C@@H](C)C(=O)N[C@H](C(=O)NCC#N)Cc2ccc(OCCN)c(c2)-c2cc1ccc2OCCN. The number of nitrogens with zero attached hydrogens (tertiary/aromatic N) is 4. The third-order valence-corrected chi connectivity index (χ3v) is 11.1. The molecule has 0 spiro atoms. The minimum atomic E-state index is -1.43. The number of nitriles is 1. The van der Waals surface area contributed by atoms with Crippen molar-refractivity contribution in [3.63, 3.8) is 0 Å². The molecule has 0 aliphatic carbocycles. The van der Waals surface area contributed by atoms with Crippen LogP contribution in [0.25, 0.3) is 22.5 Å². The first-order valence-corrected chi connectivity index (χ1v) is 22.0. The van der Waals surface area contributed by atoms with Crippen LogP contribution in [0.15, 0.2) is 60.7 Å². The molecule has 5 rings (SSSR count). The lowest BCUT2D eigenvalue weighted by atomic mass is 9.86. The first kappa shape index (κ1) is 50.9. The molecule has 4 aromatic rings. The van der Waals surface area contributed by atoms with Gasteiger partial charge in [-0.3, -0.25) is 24.0 Å². The van der Waals surface area contributed by atoms with Crippen LogP contribution in [0.5, 0.6) is 17.4 Å². The van der Waals surface area contributed by atoms with Gasteiger partial charge in [-0.2, -0.15) is 10.2 Å². The Labute approximate surface area is 390 Å². The van der Waals surface area contributed by atoms with Crippen LogP contribution in [0.4, 0.5) is 0 Å². The van der Waals surface area contributed by atoms with Gasteiger partial charge in [-0.1, -0.05) is 57.2 Å². The number of likely N-dealkylation sites (N-methyl/N-ethyl adjacent to an activating group) is 1. The van der Waals surface area contributed by atoms with E-state index in [1.165, 1.54) is 21.1 Å². The lowest BCUT2D eigenvalue weighted by Crippen LogP contribution is -2.56. The highest BCUT2D eigenvalue weighted by molar-refractivity contribution is 6.01. The molecule has 356 valence electrons. The van der Waals surface area contributed by atoms with Crippen molar-refractivity contribution < 1.29 is 38.2 Å². The maximum atomic E-state index is 14.8. The molecule has 1 unspecified atom stereocenters. The second-order valence-corrected chi connectivity index (χ2v) is 17.0. The summed E-state index contributed by atoms with van der Waals surface area (Å²) in [6.45, 7) is 9.70. The lowest BCUT2D eigenvalue weighted by Gasteiger charge is -2.32. The third kappa shape index (κ3) is 12.4. The average Bonchev–Trinajstić information content (AvgIpc) is 3.30. The minimum absolute atomic E-state index is 0.00202. The molecule has 4 atom stereocenters. The maximum Gasteiger partial charge on any atom is 0.259 e. The molecule has 0 radical (unpaired) electrons. The number of amides is 5. The zero-order valence-corrected chi connectivity index (χ0v) is 39.0. The Morgan fingerprint density at radius 1 is 0.910 bits per heavy atom. The molecule has 0 saturated heterocycles. The molecule has 2 heterocycles. The highest BCUT2D eigenvalue weighted by atomic mass is 16.5. The fraction of sp³-hybridized carbons (Fsp3) is 0.417. The van der Waals surface area contributed by atoms with E-state index in [1.54, 1.807) is 43.3 Å². The van der Waals surface area contributed by atoms with Gasteiger partial charge in [-0.05, 0) is 73.2 Å². The summed E-state index contributed by atoms with van der Waals surface area (Å²) in [5, 5.41) is 19.9. The molecule has 10 N–H and O–H groups in total. The molecule has 19 heteroatoms. The molecule has 4 bridgehead atoms. The number of carbonyl (C=O) groups is 5. The third-order valence-electron chi connectivity index (χ3n) is 11.1. The van der Waals surface area contributed by atoms with E-state index in [9.17, 15) is 29.2 Å². The maximum absolute atomic E-state index is 14.8. The molecular weight excluding hydrogens is 859 g/mol. The van der Waals surface area contributed by atoms with E-state index in [0.29, 0.717) is 45.1 Å².